The summed E-state index contributed by atoms with van der Waals surface area (Å²) < 4.78 is 1.28. The van der Waals surface area contributed by atoms with Gasteiger partial charge < -0.3 is 10.2 Å². The smallest absolute Gasteiger partial charge is 0.274 e. The minimum Gasteiger partial charge on any atom is -0.328 e. The predicted molar refractivity (Wildman–Crippen MR) is 115 cm³/mol. The van der Waals surface area contributed by atoms with Gasteiger partial charge in [-0.3, -0.25) is 14.4 Å². The zero-order valence-electron chi connectivity index (χ0n) is 16.5. The van der Waals surface area contributed by atoms with Crippen LogP contribution in [0.2, 0.25) is 10.0 Å². The van der Waals surface area contributed by atoms with Gasteiger partial charge in [-0.05, 0) is 37.1 Å². The topological polar surface area (TPSA) is 84.3 Å². The standard InChI is InChI=1S/C20H24Cl2N4O3/c1-3-5-11-26-19(28)9-8-16(24-26)20(29)25(10-4-2)13-18(27)23-17-12-14(21)6-7-15(17)22/h6-9,12H,3-5,10-11,13H2,1-2H3,(H,23,27). The Morgan fingerprint density at radius 2 is 1.90 bits per heavy atom. The largest absolute Gasteiger partial charge is 0.328 e. The molecule has 0 unspecified atom stereocenters. The summed E-state index contributed by atoms with van der Waals surface area (Å²) in [5.41, 5.74) is 0.243. The van der Waals surface area contributed by atoms with Crippen molar-refractivity contribution in [3.63, 3.8) is 0 Å². The fraction of sp³-hybridized carbons (Fsp3) is 0.400. The SMILES string of the molecule is CCCCn1nc(C(=O)N(CCC)CC(=O)Nc2cc(Cl)ccc2Cl)ccc1=O. The summed E-state index contributed by atoms with van der Waals surface area (Å²) in [7, 11) is 0. The van der Waals surface area contributed by atoms with Gasteiger partial charge in [0.1, 0.15) is 12.2 Å². The van der Waals surface area contributed by atoms with E-state index in [1.807, 2.05) is 13.8 Å². The molecule has 1 aromatic carbocycles. The summed E-state index contributed by atoms with van der Waals surface area (Å²) in [6.45, 7) is 4.55. The van der Waals surface area contributed by atoms with Crippen molar-refractivity contribution in [3.05, 3.63) is 56.4 Å². The van der Waals surface area contributed by atoms with Crippen LogP contribution in [-0.4, -0.2) is 39.6 Å². The summed E-state index contributed by atoms with van der Waals surface area (Å²) in [5, 5.41) is 7.63. The predicted octanol–water partition coefficient (Wildman–Crippen LogP) is 3.84. The number of hydrogen-bond acceptors (Lipinski definition) is 4. The van der Waals surface area contributed by atoms with E-state index in [9.17, 15) is 14.4 Å². The second-order valence-electron chi connectivity index (χ2n) is 6.53. The molecule has 7 nitrogen and oxygen atoms in total. The minimum atomic E-state index is -0.413. The number of aromatic nitrogens is 2. The molecular weight excluding hydrogens is 415 g/mol. The highest BCUT2D eigenvalue weighted by molar-refractivity contribution is 6.35. The Morgan fingerprint density at radius 1 is 1.14 bits per heavy atom. The summed E-state index contributed by atoms with van der Waals surface area (Å²) in [5.74, 6) is -0.820. The summed E-state index contributed by atoms with van der Waals surface area (Å²) in [4.78, 5) is 38.7. The van der Waals surface area contributed by atoms with Gasteiger partial charge in [0.15, 0.2) is 0 Å². The average Bonchev–Trinajstić information content (AvgIpc) is 2.69. The quantitative estimate of drug-likeness (QED) is 0.644. The fourth-order valence-corrected chi connectivity index (χ4v) is 3.01. The molecule has 0 radical (unpaired) electrons. The van der Waals surface area contributed by atoms with Crippen LogP contribution in [0.4, 0.5) is 5.69 Å². The number of benzene rings is 1. The van der Waals surface area contributed by atoms with Gasteiger partial charge in [0.05, 0.1) is 10.7 Å². The van der Waals surface area contributed by atoms with Crippen LogP contribution in [0.1, 0.15) is 43.6 Å². The molecule has 1 heterocycles. The first-order valence-corrected chi connectivity index (χ1v) is 10.2. The van der Waals surface area contributed by atoms with Crippen molar-refractivity contribution in [1.82, 2.24) is 14.7 Å². The van der Waals surface area contributed by atoms with E-state index in [0.717, 1.165) is 12.8 Å². The monoisotopic (exact) mass is 438 g/mol. The van der Waals surface area contributed by atoms with Crippen LogP contribution in [0.5, 0.6) is 0 Å². The first kappa shape index (κ1) is 22.9. The Balaban J connectivity index is 2.15. The summed E-state index contributed by atoms with van der Waals surface area (Å²) >= 11 is 12.0. The molecule has 1 N–H and O–H groups in total. The number of unbranched alkanes of at least 4 members (excludes halogenated alkanes) is 1. The number of amides is 2. The van der Waals surface area contributed by atoms with Gasteiger partial charge in [-0.15, -0.1) is 0 Å². The maximum absolute atomic E-state index is 12.9. The molecule has 0 aliphatic carbocycles. The van der Waals surface area contributed by atoms with Crippen molar-refractivity contribution in [2.24, 2.45) is 0 Å². The number of nitrogens with zero attached hydrogens (tertiary/aromatic N) is 3. The van der Waals surface area contributed by atoms with E-state index in [1.54, 1.807) is 18.2 Å². The zero-order chi connectivity index (χ0) is 21.4. The van der Waals surface area contributed by atoms with E-state index in [2.05, 4.69) is 10.4 Å². The third kappa shape index (κ3) is 6.58. The van der Waals surface area contributed by atoms with Crippen molar-refractivity contribution in [2.45, 2.75) is 39.7 Å². The van der Waals surface area contributed by atoms with Gasteiger partial charge in [-0.1, -0.05) is 43.5 Å². The molecule has 0 fully saturated rings. The molecule has 0 saturated heterocycles. The Kier molecular flexibility index (Phi) is 8.67. The van der Waals surface area contributed by atoms with Crippen LogP contribution in [0.3, 0.4) is 0 Å². The molecule has 0 saturated carbocycles. The lowest BCUT2D eigenvalue weighted by molar-refractivity contribution is -0.116. The first-order valence-electron chi connectivity index (χ1n) is 9.48. The minimum absolute atomic E-state index is 0.128. The summed E-state index contributed by atoms with van der Waals surface area (Å²) in [6.07, 6.45) is 2.35. The molecule has 0 atom stereocenters. The van der Waals surface area contributed by atoms with Crippen LogP contribution in [0, 0.1) is 0 Å². The van der Waals surface area contributed by atoms with Gasteiger partial charge in [-0.2, -0.15) is 5.10 Å². The number of carbonyl (C=O) groups excluding carboxylic acids is 2. The highest BCUT2D eigenvalue weighted by Crippen LogP contribution is 2.25. The van der Waals surface area contributed by atoms with Crippen molar-refractivity contribution in [1.29, 1.82) is 0 Å². The molecular formula is C20H24Cl2N4O3. The molecule has 0 bridgehead atoms. The maximum Gasteiger partial charge on any atom is 0.274 e. The van der Waals surface area contributed by atoms with Gasteiger partial charge in [-0.25, -0.2) is 4.68 Å². The van der Waals surface area contributed by atoms with Crippen LogP contribution >= 0.6 is 23.2 Å². The lowest BCUT2D eigenvalue weighted by Crippen LogP contribution is -2.39. The maximum atomic E-state index is 12.9. The number of aryl methyl sites for hydroxylation is 1. The molecule has 156 valence electrons. The van der Waals surface area contributed by atoms with E-state index in [-0.39, 0.29) is 17.8 Å². The Morgan fingerprint density at radius 3 is 2.59 bits per heavy atom. The van der Waals surface area contributed by atoms with Crippen molar-refractivity contribution in [3.8, 4) is 0 Å². The fourth-order valence-electron chi connectivity index (χ4n) is 2.67. The highest BCUT2D eigenvalue weighted by Gasteiger charge is 2.21. The normalized spacial score (nSPS) is 10.6. The van der Waals surface area contributed by atoms with Gasteiger partial charge in [0, 0.05) is 24.2 Å². The Bertz CT molecular complexity index is 930. The van der Waals surface area contributed by atoms with E-state index < -0.39 is 11.8 Å². The number of anilines is 1. The Hall–Kier alpha value is -2.38. The van der Waals surface area contributed by atoms with Gasteiger partial charge in [0.25, 0.3) is 11.5 Å². The number of halogens is 2. The molecule has 1 aromatic heterocycles. The lowest BCUT2D eigenvalue weighted by atomic mass is 10.3. The molecule has 9 heteroatoms. The molecule has 2 amide bonds. The number of nitrogens with one attached hydrogen (secondary N) is 1. The van der Waals surface area contributed by atoms with E-state index in [0.29, 0.717) is 35.2 Å². The molecule has 29 heavy (non-hydrogen) atoms. The van der Waals surface area contributed by atoms with E-state index >= 15 is 0 Å². The third-order valence-electron chi connectivity index (χ3n) is 4.13. The molecule has 0 aliphatic heterocycles. The van der Waals surface area contributed by atoms with Crippen molar-refractivity contribution < 1.29 is 9.59 Å². The second-order valence-corrected chi connectivity index (χ2v) is 7.38. The molecule has 2 aromatic rings. The van der Waals surface area contributed by atoms with Crippen LogP contribution in [0.15, 0.2) is 35.1 Å². The number of hydrogen-bond donors (Lipinski definition) is 1. The Labute approximate surface area is 179 Å². The number of rotatable bonds is 9. The average molecular weight is 439 g/mol. The molecule has 0 aliphatic rings. The molecule has 0 spiro atoms. The van der Waals surface area contributed by atoms with E-state index in [1.165, 1.54) is 21.7 Å². The van der Waals surface area contributed by atoms with E-state index in [4.69, 9.17) is 23.2 Å². The lowest BCUT2D eigenvalue weighted by Gasteiger charge is -2.21. The second kappa shape index (κ2) is 11.0. The van der Waals surface area contributed by atoms with Crippen LogP contribution in [0.25, 0.3) is 0 Å². The van der Waals surface area contributed by atoms with Crippen molar-refractivity contribution in [2.75, 3.05) is 18.4 Å². The highest BCUT2D eigenvalue weighted by atomic mass is 35.5. The third-order valence-corrected chi connectivity index (χ3v) is 4.69. The van der Waals surface area contributed by atoms with Crippen LogP contribution < -0.4 is 10.9 Å². The van der Waals surface area contributed by atoms with Crippen molar-refractivity contribution >= 4 is 40.7 Å². The summed E-state index contributed by atoms with van der Waals surface area (Å²) in [6, 6.07) is 7.45. The molecule has 2 rings (SSSR count). The number of carbonyl (C=O) groups is 2. The van der Waals surface area contributed by atoms with Gasteiger partial charge >= 0.3 is 0 Å². The van der Waals surface area contributed by atoms with Crippen LogP contribution in [-0.2, 0) is 11.3 Å². The van der Waals surface area contributed by atoms with Gasteiger partial charge in [0.2, 0.25) is 5.91 Å². The first-order chi connectivity index (χ1) is 13.8. The zero-order valence-corrected chi connectivity index (χ0v) is 18.0.